The van der Waals surface area contributed by atoms with Crippen LogP contribution in [0.25, 0.3) is 0 Å². The third-order valence-electron chi connectivity index (χ3n) is 1.73. The predicted molar refractivity (Wildman–Crippen MR) is 49.8 cm³/mol. The third kappa shape index (κ3) is 2.29. The molecule has 0 spiro atoms. The Morgan fingerprint density at radius 3 is 2.79 bits per heavy atom. The molecule has 0 fully saturated rings. The lowest BCUT2D eigenvalue weighted by Crippen LogP contribution is -2.02. The van der Waals surface area contributed by atoms with Crippen molar-refractivity contribution in [3.8, 4) is 5.75 Å². The first-order valence-electron chi connectivity index (χ1n) is 4.35. The van der Waals surface area contributed by atoms with Gasteiger partial charge in [0.1, 0.15) is 5.75 Å². The van der Waals surface area contributed by atoms with Crippen LogP contribution < -0.4 is 4.74 Å². The van der Waals surface area contributed by atoms with Crippen molar-refractivity contribution in [1.82, 2.24) is 20.6 Å². The van der Waals surface area contributed by atoms with Gasteiger partial charge in [-0.05, 0) is 12.1 Å². The number of hydrogen-bond acceptors (Lipinski definition) is 4. The van der Waals surface area contributed by atoms with Crippen LogP contribution in [-0.2, 0) is 6.42 Å². The minimum Gasteiger partial charge on any atom is -0.493 e. The molecule has 0 unspecified atom stereocenters. The SMILES string of the molecule is c1ccc(OCCc2nn[nH]n2)cc1. The molecule has 0 bridgehead atoms. The summed E-state index contributed by atoms with van der Waals surface area (Å²) in [6.07, 6.45) is 0.658. The second kappa shape index (κ2) is 4.36. The fourth-order valence-corrected chi connectivity index (χ4v) is 1.07. The van der Waals surface area contributed by atoms with Gasteiger partial charge in [0.05, 0.1) is 6.61 Å². The van der Waals surface area contributed by atoms with Crippen LogP contribution in [0.4, 0.5) is 0 Å². The van der Waals surface area contributed by atoms with Gasteiger partial charge < -0.3 is 4.74 Å². The van der Waals surface area contributed by atoms with Gasteiger partial charge >= 0.3 is 0 Å². The Labute approximate surface area is 81.1 Å². The lowest BCUT2D eigenvalue weighted by molar-refractivity contribution is 0.319. The summed E-state index contributed by atoms with van der Waals surface area (Å²) in [6.45, 7) is 0.559. The van der Waals surface area contributed by atoms with Crippen molar-refractivity contribution in [3.63, 3.8) is 0 Å². The van der Waals surface area contributed by atoms with Gasteiger partial charge in [-0.15, -0.1) is 10.2 Å². The zero-order valence-corrected chi connectivity index (χ0v) is 7.55. The minimum atomic E-state index is 0.559. The van der Waals surface area contributed by atoms with E-state index in [-0.39, 0.29) is 0 Å². The number of aromatic nitrogens is 4. The molecule has 0 atom stereocenters. The van der Waals surface area contributed by atoms with E-state index in [2.05, 4.69) is 20.6 Å². The van der Waals surface area contributed by atoms with E-state index in [1.54, 1.807) is 0 Å². The average molecular weight is 190 g/mol. The van der Waals surface area contributed by atoms with Crippen LogP contribution in [0.2, 0.25) is 0 Å². The molecule has 1 N–H and O–H groups in total. The van der Waals surface area contributed by atoms with Crippen LogP contribution in [0, 0.1) is 0 Å². The first-order chi connectivity index (χ1) is 6.95. The lowest BCUT2D eigenvalue weighted by atomic mass is 10.3. The van der Waals surface area contributed by atoms with Crippen LogP contribution in [0.15, 0.2) is 30.3 Å². The minimum absolute atomic E-state index is 0.559. The van der Waals surface area contributed by atoms with Crippen molar-refractivity contribution in [2.45, 2.75) is 6.42 Å². The molecule has 14 heavy (non-hydrogen) atoms. The zero-order valence-electron chi connectivity index (χ0n) is 7.55. The van der Waals surface area contributed by atoms with Gasteiger partial charge in [0.15, 0.2) is 5.82 Å². The van der Waals surface area contributed by atoms with Gasteiger partial charge in [-0.3, -0.25) is 0 Å². The number of H-pyrrole nitrogens is 1. The number of rotatable bonds is 4. The van der Waals surface area contributed by atoms with Crippen LogP contribution in [0.3, 0.4) is 0 Å². The van der Waals surface area contributed by atoms with Crippen LogP contribution >= 0.6 is 0 Å². The normalized spacial score (nSPS) is 10.0. The molecule has 5 heteroatoms. The van der Waals surface area contributed by atoms with E-state index >= 15 is 0 Å². The summed E-state index contributed by atoms with van der Waals surface area (Å²) in [5, 5.41) is 13.5. The fraction of sp³-hybridized carbons (Fsp3) is 0.222. The Morgan fingerprint density at radius 2 is 2.07 bits per heavy atom. The molecule has 1 aromatic heterocycles. The van der Waals surface area contributed by atoms with Crippen molar-refractivity contribution >= 4 is 0 Å². The maximum atomic E-state index is 5.46. The summed E-state index contributed by atoms with van der Waals surface area (Å²) in [6, 6.07) is 9.64. The maximum Gasteiger partial charge on any atom is 0.177 e. The van der Waals surface area contributed by atoms with Crippen LogP contribution in [-0.4, -0.2) is 27.2 Å². The van der Waals surface area contributed by atoms with Crippen molar-refractivity contribution in [2.75, 3.05) is 6.61 Å². The number of ether oxygens (including phenoxy) is 1. The predicted octanol–water partition coefficient (Wildman–Crippen LogP) is 0.821. The molecule has 0 aliphatic rings. The molecule has 0 amide bonds. The molecule has 0 aliphatic heterocycles. The van der Waals surface area contributed by atoms with E-state index in [4.69, 9.17) is 4.74 Å². The van der Waals surface area contributed by atoms with Crippen LogP contribution in [0.1, 0.15) is 5.82 Å². The molecule has 0 saturated heterocycles. The molecule has 2 aromatic rings. The van der Waals surface area contributed by atoms with Crippen LogP contribution in [0.5, 0.6) is 5.75 Å². The van der Waals surface area contributed by atoms with Gasteiger partial charge in [0.2, 0.25) is 0 Å². The van der Waals surface area contributed by atoms with E-state index < -0.39 is 0 Å². The monoisotopic (exact) mass is 190 g/mol. The number of benzene rings is 1. The molecule has 1 aromatic carbocycles. The third-order valence-corrected chi connectivity index (χ3v) is 1.73. The zero-order chi connectivity index (χ0) is 9.64. The second-order valence-corrected chi connectivity index (χ2v) is 2.74. The second-order valence-electron chi connectivity index (χ2n) is 2.74. The molecule has 72 valence electrons. The molecule has 0 aliphatic carbocycles. The summed E-state index contributed by atoms with van der Waals surface area (Å²) < 4.78 is 5.46. The topological polar surface area (TPSA) is 63.7 Å². The Morgan fingerprint density at radius 1 is 1.21 bits per heavy atom. The molecule has 1 heterocycles. The summed E-state index contributed by atoms with van der Waals surface area (Å²) in [5.41, 5.74) is 0. The average Bonchev–Trinajstić information content (AvgIpc) is 2.72. The molecule has 0 saturated carbocycles. The summed E-state index contributed by atoms with van der Waals surface area (Å²) in [7, 11) is 0. The number of nitrogens with one attached hydrogen (secondary N) is 1. The standard InChI is InChI=1S/C9H10N4O/c1-2-4-8(5-3-1)14-7-6-9-10-12-13-11-9/h1-5H,6-7H2,(H,10,11,12,13). The quantitative estimate of drug-likeness (QED) is 0.775. The van der Waals surface area contributed by atoms with E-state index in [1.165, 1.54) is 0 Å². The molecule has 2 rings (SSSR count). The molecule has 0 radical (unpaired) electrons. The van der Waals surface area contributed by atoms with E-state index in [0.717, 1.165) is 5.75 Å². The van der Waals surface area contributed by atoms with Crippen molar-refractivity contribution in [1.29, 1.82) is 0 Å². The van der Waals surface area contributed by atoms with Crippen molar-refractivity contribution in [2.24, 2.45) is 0 Å². The molecular formula is C9H10N4O. The summed E-state index contributed by atoms with van der Waals surface area (Å²) in [4.78, 5) is 0. The summed E-state index contributed by atoms with van der Waals surface area (Å²) in [5.74, 6) is 1.52. The number of para-hydroxylation sites is 1. The fourth-order valence-electron chi connectivity index (χ4n) is 1.07. The first kappa shape index (κ1) is 8.68. The smallest absolute Gasteiger partial charge is 0.177 e. The highest BCUT2D eigenvalue weighted by Crippen LogP contribution is 2.08. The Bertz CT molecular complexity index is 360. The van der Waals surface area contributed by atoms with E-state index in [1.807, 2.05) is 30.3 Å². The highest BCUT2D eigenvalue weighted by atomic mass is 16.5. The Balaban J connectivity index is 1.79. The number of tetrazole rings is 1. The highest BCUT2D eigenvalue weighted by Gasteiger charge is 1.98. The summed E-state index contributed by atoms with van der Waals surface area (Å²) >= 11 is 0. The Kier molecular flexibility index (Phi) is 2.70. The van der Waals surface area contributed by atoms with Gasteiger partial charge in [-0.25, -0.2) is 0 Å². The van der Waals surface area contributed by atoms with E-state index in [9.17, 15) is 0 Å². The largest absolute Gasteiger partial charge is 0.493 e. The molecule has 5 nitrogen and oxygen atoms in total. The number of hydrogen-bond donors (Lipinski definition) is 1. The van der Waals surface area contributed by atoms with E-state index in [0.29, 0.717) is 18.9 Å². The maximum absolute atomic E-state index is 5.46. The first-order valence-corrected chi connectivity index (χ1v) is 4.35. The van der Waals surface area contributed by atoms with Gasteiger partial charge in [0, 0.05) is 6.42 Å². The van der Waals surface area contributed by atoms with Crippen molar-refractivity contribution in [3.05, 3.63) is 36.2 Å². The van der Waals surface area contributed by atoms with Gasteiger partial charge in [0.25, 0.3) is 0 Å². The van der Waals surface area contributed by atoms with Gasteiger partial charge in [-0.1, -0.05) is 23.4 Å². The Hall–Kier alpha value is -1.91. The lowest BCUT2D eigenvalue weighted by Gasteiger charge is -2.02. The number of nitrogens with zero attached hydrogens (tertiary/aromatic N) is 3. The highest BCUT2D eigenvalue weighted by molar-refractivity contribution is 5.20. The number of aromatic amines is 1. The van der Waals surface area contributed by atoms with Crippen molar-refractivity contribution < 1.29 is 4.74 Å². The molecular weight excluding hydrogens is 180 g/mol. The van der Waals surface area contributed by atoms with Gasteiger partial charge in [-0.2, -0.15) is 5.21 Å².